The second-order valence-electron chi connectivity index (χ2n) is 5.79. The fourth-order valence-corrected chi connectivity index (χ4v) is 3.09. The van der Waals surface area contributed by atoms with Gasteiger partial charge in [0.2, 0.25) is 0 Å². The van der Waals surface area contributed by atoms with Gasteiger partial charge in [0, 0.05) is 9.50 Å². The van der Waals surface area contributed by atoms with Gasteiger partial charge in [-0.2, -0.15) is 0 Å². The molecule has 148 valence electrons. The Hall–Kier alpha value is -1.87. The Morgan fingerprint density at radius 1 is 1.04 bits per heavy atom. The fourth-order valence-electron chi connectivity index (χ4n) is 2.09. The van der Waals surface area contributed by atoms with Gasteiger partial charge in [-0.1, -0.05) is 39.1 Å². The highest BCUT2D eigenvalue weighted by molar-refractivity contribution is 9.10. The Kier molecular flexibility index (Phi) is 8.06. The van der Waals surface area contributed by atoms with Gasteiger partial charge in [-0.15, -0.1) is 0 Å². The van der Waals surface area contributed by atoms with E-state index >= 15 is 0 Å². The number of hydrazine groups is 1. The average molecular weight is 505 g/mol. The summed E-state index contributed by atoms with van der Waals surface area (Å²) < 4.78 is 6.35. The number of hydrogen-bond acceptors (Lipinski definition) is 4. The van der Waals surface area contributed by atoms with Gasteiger partial charge in [0.25, 0.3) is 11.8 Å². The van der Waals surface area contributed by atoms with Gasteiger partial charge in [0.05, 0.1) is 22.3 Å². The van der Waals surface area contributed by atoms with E-state index in [4.69, 9.17) is 40.2 Å². The van der Waals surface area contributed by atoms with Crippen LogP contribution in [0.3, 0.4) is 0 Å². The minimum absolute atomic E-state index is 0.0982. The molecule has 0 heterocycles. The smallest absolute Gasteiger partial charge is 0.271 e. The van der Waals surface area contributed by atoms with E-state index in [0.717, 1.165) is 0 Å². The van der Waals surface area contributed by atoms with Crippen LogP contribution in [0.4, 0.5) is 0 Å². The number of rotatable bonds is 4. The first-order chi connectivity index (χ1) is 13.2. The molecule has 0 saturated heterocycles. The van der Waals surface area contributed by atoms with E-state index in [1.165, 1.54) is 18.2 Å². The Bertz CT molecular complexity index is 925. The van der Waals surface area contributed by atoms with Crippen molar-refractivity contribution < 1.29 is 14.3 Å². The monoisotopic (exact) mass is 503 g/mol. The molecule has 2 rings (SSSR count). The number of benzene rings is 2. The van der Waals surface area contributed by atoms with Gasteiger partial charge in [0.15, 0.2) is 5.11 Å². The first-order valence-electron chi connectivity index (χ1n) is 8.00. The van der Waals surface area contributed by atoms with Gasteiger partial charge in [-0.05, 0) is 62.5 Å². The highest BCUT2D eigenvalue weighted by atomic mass is 79.9. The zero-order valence-electron chi connectivity index (χ0n) is 14.8. The number of hydrogen-bond donors (Lipinski definition) is 3. The predicted octanol–water partition coefficient (Wildman–Crippen LogP) is 4.49. The highest BCUT2D eigenvalue weighted by Crippen LogP contribution is 2.24. The minimum atomic E-state index is -0.537. The Labute approximate surface area is 186 Å². The van der Waals surface area contributed by atoms with Crippen LogP contribution in [-0.2, 0) is 0 Å². The third-order valence-electron chi connectivity index (χ3n) is 3.24. The summed E-state index contributed by atoms with van der Waals surface area (Å²) in [7, 11) is 0. The lowest BCUT2D eigenvalue weighted by molar-refractivity contribution is 0.0933. The molecule has 2 aromatic rings. The van der Waals surface area contributed by atoms with Gasteiger partial charge >= 0.3 is 0 Å². The molecular formula is C18H16BrCl2N3O3S. The summed E-state index contributed by atoms with van der Waals surface area (Å²) in [6.07, 6.45) is -0.110. The number of thiocarbonyl (C=S) groups is 1. The van der Waals surface area contributed by atoms with Crippen LogP contribution in [0, 0.1) is 0 Å². The molecule has 3 N–H and O–H groups in total. The van der Waals surface area contributed by atoms with E-state index in [0.29, 0.717) is 20.8 Å². The molecule has 0 aromatic heterocycles. The summed E-state index contributed by atoms with van der Waals surface area (Å²) in [4.78, 5) is 24.7. The van der Waals surface area contributed by atoms with Crippen molar-refractivity contribution in [3.05, 3.63) is 62.0 Å². The lowest BCUT2D eigenvalue weighted by Crippen LogP contribution is -2.48. The second kappa shape index (κ2) is 10.1. The molecule has 0 bridgehead atoms. The van der Waals surface area contributed by atoms with Crippen molar-refractivity contribution in [1.29, 1.82) is 0 Å². The molecule has 2 aromatic carbocycles. The van der Waals surface area contributed by atoms with Crippen LogP contribution in [0.25, 0.3) is 0 Å². The maximum Gasteiger partial charge on any atom is 0.271 e. The van der Waals surface area contributed by atoms with E-state index in [-0.39, 0.29) is 21.8 Å². The summed E-state index contributed by atoms with van der Waals surface area (Å²) in [5.74, 6) is -0.617. The van der Waals surface area contributed by atoms with Crippen LogP contribution in [0.1, 0.15) is 34.6 Å². The van der Waals surface area contributed by atoms with Gasteiger partial charge < -0.3 is 4.74 Å². The first kappa shape index (κ1) is 22.4. The predicted molar refractivity (Wildman–Crippen MR) is 117 cm³/mol. The van der Waals surface area contributed by atoms with Crippen LogP contribution in [0.15, 0.2) is 40.9 Å². The molecule has 6 nitrogen and oxygen atoms in total. The minimum Gasteiger partial charge on any atom is -0.490 e. The standard InChI is InChI=1S/C18H16BrCl2N3O3S/c1-9(2)27-15-6-3-10(19)7-13(15)16(25)22-18(28)24-23-17(26)12-5-4-11(20)8-14(12)21/h3-9H,1-2H3,(H,23,26)(H2,22,24,25,28). The van der Waals surface area contributed by atoms with Crippen molar-refractivity contribution in [1.82, 2.24) is 16.2 Å². The van der Waals surface area contributed by atoms with E-state index in [1.54, 1.807) is 18.2 Å². The van der Waals surface area contributed by atoms with Crippen LogP contribution in [0.5, 0.6) is 5.75 Å². The topological polar surface area (TPSA) is 79.5 Å². The van der Waals surface area contributed by atoms with E-state index in [1.807, 2.05) is 13.8 Å². The number of nitrogens with one attached hydrogen (secondary N) is 3. The normalized spacial score (nSPS) is 10.4. The molecule has 0 spiro atoms. The van der Waals surface area contributed by atoms with Crippen LogP contribution in [0.2, 0.25) is 10.0 Å². The lowest BCUT2D eigenvalue weighted by Gasteiger charge is -2.15. The quantitative estimate of drug-likeness (QED) is 0.422. The maximum absolute atomic E-state index is 12.5. The average Bonchev–Trinajstić information content (AvgIpc) is 2.60. The SMILES string of the molecule is CC(C)Oc1ccc(Br)cc1C(=O)NC(=S)NNC(=O)c1ccc(Cl)cc1Cl. The zero-order valence-corrected chi connectivity index (χ0v) is 18.7. The number of amides is 2. The van der Waals surface area contributed by atoms with Crippen molar-refractivity contribution in [2.45, 2.75) is 20.0 Å². The van der Waals surface area contributed by atoms with Crippen molar-refractivity contribution in [2.24, 2.45) is 0 Å². The van der Waals surface area contributed by atoms with Gasteiger partial charge in [-0.3, -0.25) is 25.8 Å². The molecule has 2 amide bonds. The van der Waals surface area contributed by atoms with Crippen LogP contribution in [-0.4, -0.2) is 23.0 Å². The van der Waals surface area contributed by atoms with E-state index in [9.17, 15) is 9.59 Å². The summed E-state index contributed by atoms with van der Waals surface area (Å²) in [5, 5.41) is 2.98. The number of carbonyl (C=O) groups is 2. The summed E-state index contributed by atoms with van der Waals surface area (Å²) >= 11 is 20.2. The van der Waals surface area contributed by atoms with Crippen molar-refractivity contribution in [2.75, 3.05) is 0 Å². The Balaban J connectivity index is 2.00. The highest BCUT2D eigenvalue weighted by Gasteiger charge is 2.16. The molecule has 28 heavy (non-hydrogen) atoms. The second-order valence-corrected chi connectivity index (χ2v) is 7.96. The molecule has 0 aliphatic heterocycles. The molecule has 0 saturated carbocycles. The number of carbonyl (C=O) groups excluding carboxylic acids is 2. The van der Waals surface area contributed by atoms with Gasteiger partial charge in [-0.25, -0.2) is 0 Å². The summed E-state index contributed by atoms with van der Waals surface area (Å²) in [6, 6.07) is 9.51. The van der Waals surface area contributed by atoms with Gasteiger partial charge in [0.1, 0.15) is 5.75 Å². The fraction of sp³-hybridized carbons (Fsp3) is 0.167. The molecule has 0 fully saturated rings. The summed E-state index contributed by atoms with van der Waals surface area (Å²) in [6.45, 7) is 3.71. The number of ether oxygens (including phenoxy) is 1. The van der Waals surface area contributed by atoms with Crippen LogP contribution < -0.4 is 20.9 Å². The molecule has 0 aliphatic carbocycles. The molecule has 10 heteroatoms. The molecule has 0 radical (unpaired) electrons. The largest absolute Gasteiger partial charge is 0.490 e. The first-order valence-corrected chi connectivity index (χ1v) is 9.96. The Morgan fingerprint density at radius 3 is 2.39 bits per heavy atom. The van der Waals surface area contributed by atoms with Crippen LogP contribution >= 0.6 is 51.3 Å². The van der Waals surface area contributed by atoms with Crippen molar-refractivity contribution >= 4 is 68.3 Å². The van der Waals surface area contributed by atoms with E-state index in [2.05, 4.69) is 32.1 Å². The molecule has 0 aliphatic rings. The third-order valence-corrected chi connectivity index (χ3v) is 4.49. The molecular weight excluding hydrogens is 489 g/mol. The molecule has 0 atom stereocenters. The maximum atomic E-state index is 12.5. The summed E-state index contributed by atoms with van der Waals surface area (Å²) in [5.41, 5.74) is 5.31. The lowest BCUT2D eigenvalue weighted by atomic mass is 10.2. The van der Waals surface area contributed by atoms with E-state index < -0.39 is 11.8 Å². The van der Waals surface area contributed by atoms with Crippen molar-refractivity contribution in [3.8, 4) is 5.75 Å². The Morgan fingerprint density at radius 2 is 1.75 bits per heavy atom. The third kappa shape index (κ3) is 6.34. The number of halogens is 3. The zero-order chi connectivity index (χ0) is 20.8. The van der Waals surface area contributed by atoms with Crippen molar-refractivity contribution in [3.63, 3.8) is 0 Å². The molecule has 0 unspecified atom stereocenters.